The fraction of sp³-hybridized carbons (Fsp3) is 0.0952. The van der Waals surface area contributed by atoms with Crippen molar-refractivity contribution in [2.75, 3.05) is 16.4 Å². The Morgan fingerprint density at radius 2 is 1.71 bits per heavy atom. The molecule has 0 bridgehead atoms. The second kappa shape index (κ2) is 9.54. The van der Waals surface area contributed by atoms with Crippen LogP contribution in [0.3, 0.4) is 0 Å². The first-order chi connectivity index (χ1) is 15.1. The van der Waals surface area contributed by atoms with E-state index in [1.807, 2.05) is 42.6 Å². The Labute approximate surface area is 186 Å². The lowest BCUT2D eigenvalue weighted by Crippen LogP contribution is -2.15. The monoisotopic (exact) mass is 450 g/mol. The van der Waals surface area contributed by atoms with Crippen molar-refractivity contribution in [2.45, 2.75) is 12.1 Å². The Balaban J connectivity index is 1.31. The summed E-state index contributed by atoms with van der Waals surface area (Å²) in [5.74, 6) is -0.184. The highest BCUT2D eigenvalue weighted by Crippen LogP contribution is 2.20. The van der Waals surface area contributed by atoms with Gasteiger partial charge in [-0.3, -0.25) is 9.59 Å². The summed E-state index contributed by atoms with van der Waals surface area (Å²) >= 11 is 2.63. The normalized spacial score (nSPS) is 10.6. The van der Waals surface area contributed by atoms with Gasteiger partial charge in [-0.05, 0) is 65.2 Å². The summed E-state index contributed by atoms with van der Waals surface area (Å²) in [5.41, 5.74) is 3.27. The summed E-state index contributed by atoms with van der Waals surface area (Å²) in [4.78, 5) is 25.1. The molecule has 2 N–H and O–H groups in total. The minimum absolute atomic E-state index is 0.156. The number of benzene rings is 2. The fourth-order valence-electron chi connectivity index (χ4n) is 2.68. The number of thiophene rings is 1. The van der Waals surface area contributed by atoms with Crippen LogP contribution in [0.5, 0.6) is 0 Å². The van der Waals surface area contributed by atoms with Crippen LogP contribution in [0.25, 0.3) is 5.69 Å². The molecule has 4 rings (SSSR count). The van der Waals surface area contributed by atoms with Crippen molar-refractivity contribution < 1.29 is 9.59 Å². The van der Waals surface area contributed by atoms with Crippen molar-refractivity contribution in [2.24, 2.45) is 0 Å². The van der Waals surface area contributed by atoms with Crippen molar-refractivity contribution in [1.29, 1.82) is 0 Å². The third-order valence-corrected chi connectivity index (χ3v) is 6.01. The number of aryl methyl sites for hydroxylation is 1. The maximum atomic E-state index is 12.3. The first-order valence-corrected chi connectivity index (χ1v) is 11.2. The van der Waals surface area contributed by atoms with Crippen LogP contribution in [-0.4, -0.2) is 37.8 Å². The van der Waals surface area contributed by atoms with Crippen molar-refractivity contribution in [3.8, 4) is 5.69 Å². The third-order valence-electron chi connectivity index (χ3n) is 4.22. The molecular weight excluding hydrogens is 432 g/mol. The van der Waals surface area contributed by atoms with Gasteiger partial charge in [-0.2, -0.15) is 4.68 Å². The molecule has 0 aliphatic rings. The summed E-state index contributed by atoms with van der Waals surface area (Å²) < 4.78 is 1.60. The Morgan fingerprint density at radius 1 is 1.00 bits per heavy atom. The lowest BCUT2D eigenvalue weighted by atomic mass is 10.2. The van der Waals surface area contributed by atoms with Gasteiger partial charge in [0.25, 0.3) is 5.91 Å². The van der Waals surface area contributed by atoms with Gasteiger partial charge in [0, 0.05) is 11.4 Å². The van der Waals surface area contributed by atoms with Gasteiger partial charge in [0.2, 0.25) is 11.1 Å². The number of hydrogen-bond donors (Lipinski definition) is 2. The molecule has 4 aromatic rings. The average Bonchev–Trinajstić information content (AvgIpc) is 3.47. The fourth-order valence-corrected chi connectivity index (χ4v) is 3.99. The number of carbonyl (C=O) groups excluding carboxylic acids is 2. The largest absolute Gasteiger partial charge is 0.325 e. The van der Waals surface area contributed by atoms with Crippen molar-refractivity contribution >= 4 is 46.3 Å². The van der Waals surface area contributed by atoms with Crippen LogP contribution in [0.1, 0.15) is 15.2 Å². The lowest BCUT2D eigenvalue weighted by Gasteiger charge is -2.08. The number of amides is 2. The van der Waals surface area contributed by atoms with Gasteiger partial charge >= 0.3 is 0 Å². The topological polar surface area (TPSA) is 102 Å². The lowest BCUT2D eigenvalue weighted by molar-refractivity contribution is -0.113. The molecule has 2 aromatic carbocycles. The zero-order valence-corrected chi connectivity index (χ0v) is 18.1. The van der Waals surface area contributed by atoms with Gasteiger partial charge in [-0.15, -0.1) is 16.4 Å². The summed E-state index contributed by atoms with van der Waals surface area (Å²) in [5, 5.41) is 19.7. The molecule has 2 amide bonds. The highest BCUT2D eigenvalue weighted by molar-refractivity contribution is 7.99. The van der Waals surface area contributed by atoms with Crippen LogP contribution >= 0.6 is 23.1 Å². The van der Waals surface area contributed by atoms with Gasteiger partial charge in [0.1, 0.15) is 0 Å². The minimum Gasteiger partial charge on any atom is -0.325 e. The zero-order valence-electron chi connectivity index (χ0n) is 16.5. The molecule has 0 atom stereocenters. The quantitative estimate of drug-likeness (QED) is 0.413. The zero-order chi connectivity index (χ0) is 21.6. The minimum atomic E-state index is -0.182. The van der Waals surface area contributed by atoms with E-state index in [1.54, 1.807) is 35.0 Å². The molecule has 0 fully saturated rings. The Bertz CT molecular complexity index is 1170. The predicted molar refractivity (Wildman–Crippen MR) is 122 cm³/mol. The number of carbonyl (C=O) groups is 2. The SMILES string of the molecule is Cc1ccc(-n2nnnc2SCC(=O)Nc2ccc(NC(=O)c3cccs3)cc2)cc1. The van der Waals surface area contributed by atoms with Gasteiger partial charge in [-0.1, -0.05) is 35.5 Å². The van der Waals surface area contributed by atoms with Crippen LogP contribution in [0.4, 0.5) is 11.4 Å². The number of nitrogens with one attached hydrogen (secondary N) is 2. The molecule has 0 radical (unpaired) electrons. The number of tetrazole rings is 1. The number of rotatable bonds is 7. The molecule has 2 aromatic heterocycles. The molecule has 0 saturated carbocycles. The molecule has 156 valence electrons. The van der Waals surface area contributed by atoms with E-state index in [1.165, 1.54) is 23.1 Å². The molecule has 2 heterocycles. The first kappa shape index (κ1) is 20.8. The second-order valence-electron chi connectivity index (χ2n) is 6.55. The molecule has 31 heavy (non-hydrogen) atoms. The summed E-state index contributed by atoms with van der Waals surface area (Å²) in [6.07, 6.45) is 0. The Hall–Kier alpha value is -3.50. The van der Waals surface area contributed by atoms with Gasteiger partial charge in [-0.25, -0.2) is 0 Å². The number of hydrogen-bond acceptors (Lipinski definition) is 7. The standard InChI is InChI=1S/C21H18N6O2S2/c1-14-4-10-17(11-5-14)27-21(24-25-26-27)31-13-19(28)22-15-6-8-16(9-7-15)23-20(29)18-3-2-12-30-18/h2-12H,13H2,1H3,(H,22,28)(H,23,29). The third kappa shape index (κ3) is 5.36. The number of nitrogens with zero attached hydrogens (tertiary/aromatic N) is 4. The van der Waals surface area contributed by atoms with Crippen LogP contribution in [-0.2, 0) is 4.79 Å². The first-order valence-electron chi connectivity index (χ1n) is 9.31. The number of aromatic nitrogens is 4. The van der Waals surface area contributed by atoms with E-state index in [4.69, 9.17) is 0 Å². The summed E-state index contributed by atoms with van der Waals surface area (Å²) in [6.45, 7) is 2.01. The average molecular weight is 451 g/mol. The molecule has 10 heteroatoms. The molecule has 0 aliphatic carbocycles. The van der Waals surface area contributed by atoms with Crippen LogP contribution < -0.4 is 10.6 Å². The molecule has 0 aliphatic heterocycles. The molecular formula is C21H18N6O2S2. The smallest absolute Gasteiger partial charge is 0.265 e. The van der Waals surface area contributed by atoms with E-state index in [2.05, 4.69) is 26.2 Å². The molecule has 0 saturated heterocycles. The van der Waals surface area contributed by atoms with E-state index >= 15 is 0 Å². The number of thioether (sulfide) groups is 1. The van der Waals surface area contributed by atoms with E-state index in [0.29, 0.717) is 21.4 Å². The predicted octanol–water partition coefficient (Wildman–Crippen LogP) is 4.02. The van der Waals surface area contributed by atoms with Crippen LogP contribution in [0.15, 0.2) is 71.2 Å². The maximum Gasteiger partial charge on any atom is 0.265 e. The summed E-state index contributed by atoms with van der Waals surface area (Å²) in [7, 11) is 0. The molecule has 0 spiro atoms. The van der Waals surface area contributed by atoms with Crippen LogP contribution in [0, 0.1) is 6.92 Å². The Kier molecular flexibility index (Phi) is 6.39. The summed E-state index contributed by atoms with van der Waals surface area (Å²) in [6, 6.07) is 18.4. The molecule has 0 unspecified atom stereocenters. The van der Waals surface area contributed by atoms with Crippen molar-refractivity contribution in [3.05, 3.63) is 76.5 Å². The van der Waals surface area contributed by atoms with E-state index in [-0.39, 0.29) is 17.6 Å². The van der Waals surface area contributed by atoms with E-state index in [9.17, 15) is 9.59 Å². The highest BCUT2D eigenvalue weighted by Gasteiger charge is 2.12. The van der Waals surface area contributed by atoms with Gasteiger partial charge in [0.15, 0.2) is 0 Å². The van der Waals surface area contributed by atoms with Gasteiger partial charge < -0.3 is 10.6 Å². The van der Waals surface area contributed by atoms with Gasteiger partial charge in [0.05, 0.1) is 16.3 Å². The Morgan fingerprint density at radius 3 is 2.39 bits per heavy atom. The second-order valence-corrected chi connectivity index (χ2v) is 8.44. The van der Waals surface area contributed by atoms with E-state index in [0.717, 1.165) is 11.3 Å². The number of anilines is 2. The van der Waals surface area contributed by atoms with E-state index < -0.39 is 0 Å². The van der Waals surface area contributed by atoms with Crippen molar-refractivity contribution in [1.82, 2.24) is 20.2 Å². The molecule has 8 nitrogen and oxygen atoms in total. The maximum absolute atomic E-state index is 12.3. The van der Waals surface area contributed by atoms with Crippen LogP contribution in [0.2, 0.25) is 0 Å². The van der Waals surface area contributed by atoms with Crippen molar-refractivity contribution in [3.63, 3.8) is 0 Å². The highest BCUT2D eigenvalue weighted by atomic mass is 32.2.